The number of anilines is 1. The minimum Gasteiger partial charge on any atom is -0.491 e. The van der Waals surface area contributed by atoms with Gasteiger partial charge in [0.2, 0.25) is 5.91 Å². The zero-order chi connectivity index (χ0) is 23.7. The van der Waals surface area contributed by atoms with Gasteiger partial charge in [-0.05, 0) is 30.3 Å². The van der Waals surface area contributed by atoms with E-state index in [-0.39, 0.29) is 24.8 Å². The quantitative estimate of drug-likeness (QED) is 0.471. The smallest absolute Gasteiger partial charge is 0.418 e. The molecule has 0 N–H and O–H groups in total. The maximum absolute atomic E-state index is 14.1. The van der Waals surface area contributed by atoms with Crippen LogP contribution in [-0.4, -0.2) is 30.7 Å². The molecule has 3 aliphatic rings. The molecule has 1 unspecified atom stereocenters. The zero-order valence-electron chi connectivity index (χ0n) is 17.5. The van der Waals surface area contributed by atoms with Crippen molar-refractivity contribution in [2.45, 2.75) is 18.1 Å². The van der Waals surface area contributed by atoms with Crippen molar-refractivity contribution in [1.29, 1.82) is 0 Å². The second kappa shape index (κ2) is 7.36. The van der Waals surface area contributed by atoms with Gasteiger partial charge in [-0.15, -0.1) is 0 Å². The van der Waals surface area contributed by atoms with Crippen LogP contribution in [0.4, 0.5) is 18.9 Å². The topological polar surface area (TPSA) is 60.9 Å². The Kier molecular flexibility index (Phi) is 4.61. The Morgan fingerprint density at radius 2 is 1.79 bits per heavy atom. The molecule has 1 amide bonds. The number of benzene rings is 2. The van der Waals surface area contributed by atoms with E-state index in [0.717, 1.165) is 6.07 Å². The number of nitrogens with zero attached hydrogens (tertiary/aromatic N) is 2. The lowest BCUT2D eigenvalue weighted by Crippen LogP contribution is -2.42. The number of halogens is 4. The molecule has 174 valence electrons. The molecule has 0 aliphatic carbocycles. The summed E-state index contributed by atoms with van der Waals surface area (Å²) >= 11 is 3.56. The average molecular weight is 533 g/mol. The van der Waals surface area contributed by atoms with E-state index in [9.17, 15) is 18.0 Å². The van der Waals surface area contributed by atoms with Gasteiger partial charge in [0.1, 0.15) is 31.0 Å². The maximum Gasteiger partial charge on any atom is 0.418 e. The highest BCUT2D eigenvalue weighted by Gasteiger charge is 2.58. The summed E-state index contributed by atoms with van der Waals surface area (Å²) in [6, 6.07) is 10.9. The number of hydrogen-bond acceptors (Lipinski definition) is 5. The fourth-order valence-electron chi connectivity index (χ4n) is 4.91. The van der Waals surface area contributed by atoms with Gasteiger partial charge in [0.05, 0.1) is 23.5 Å². The molecule has 0 bridgehead atoms. The molecule has 1 aromatic heterocycles. The summed E-state index contributed by atoms with van der Waals surface area (Å²) in [5, 5.41) is 0. The molecule has 0 radical (unpaired) electrons. The van der Waals surface area contributed by atoms with Crippen LogP contribution < -0.4 is 19.1 Å². The molecular weight excluding hydrogens is 517 g/mol. The fraction of sp³-hybridized carbons (Fsp3) is 0.250. The Morgan fingerprint density at radius 1 is 1.03 bits per heavy atom. The third kappa shape index (κ3) is 2.94. The van der Waals surface area contributed by atoms with Gasteiger partial charge in [0, 0.05) is 27.9 Å². The number of carbonyl (C=O) groups excluding carboxylic acids is 1. The number of alkyl halides is 3. The summed E-state index contributed by atoms with van der Waals surface area (Å²) in [7, 11) is 0. The van der Waals surface area contributed by atoms with Crippen LogP contribution in [0.5, 0.6) is 17.2 Å². The molecule has 10 heteroatoms. The molecule has 1 spiro atoms. The van der Waals surface area contributed by atoms with Crippen molar-refractivity contribution in [3.8, 4) is 17.2 Å². The first-order valence-electron chi connectivity index (χ1n) is 10.5. The van der Waals surface area contributed by atoms with E-state index < -0.39 is 17.2 Å². The van der Waals surface area contributed by atoms with E-state index in [4.69, 9.17) is 14.2 Å². The van der Waals surface area contributed by atoms with E-state index in [1.807, 2.05) is 0 Å². The van der Waals surface area contributed by atoms with E-state index in [0.29, 0.717) is 51.7 Å². The van der Waals surface area contributed by atoms with E-state index in [2.05, 4.69) is 20.9 Å². The number of aromatic nitrogens is 1. The Bertz CT molecular complexity index is 1350. The van der Waals surface area contributed by atoms with Gasteiger partial charge in [0.15, 0.2) is 11.5 Å². The van der Waals surface area contributed by atoms with Crippen LogP contribution in [0.1, 0.15) is 22.4 Å². The largest absolute Gasteiger partial charge is 0.491 e. The predicted octanol–water partition coefficient (Wildman–Crippen LogP) is 4.86. The first-order valence-corrected chi connectivity index (χ1v) is 11.3. The minimum atomic E-state index is -4.59. The monoisotopic (exact) mass is 532 g/mol. The van der Waals surface area contributed by atoms with Gasteiger partial charge >= 0.3 is 6.18 Å². The number of carbonyl (C=O) groups is 1. The highest BCUT2D eigenvalue weighted by molar-refractivity contribution is 9.10. The van der Waals surface area contributed by atoms with Crippen molar-refractivity contribution < 1.29 is 32.2 Å². The first kappa shape index (κ1) is 21.3. The van der Waals surface area contributed by atoms with Crippen LogP contribution in [0.2, 0.25) is 0 Å². The van der Waals surface area contributed by atoms with Crippen LogP contribution in [-0.2, 0) is 22.9 Å². The lowest BCUT2D eigenvalue weighted by Gasteiger charge is -2.25. The average Bonchev–Trinajstić information content (AvgIpc) is 3.30. The number of fused-ring (bicyclic) bond motifs is 5. The molecule has 34 heavy (non-hydrogen) atoms. The van der Waals surface area contributed by atoms with Crippen molar-refractivity contribution in [3.63, 3.8) is 0 Å². The number of pyridine rings is 1. The SMILES string of the molecule is O=C1N(Cc2ncccc2C(F)(F)F)c2cccc(Br)c2C12COc1cc3c(cc12)OCCO3. The lowest BCUT2D eigenvalue weighted by molar-refractivity contribution is -0.138. The van der Waals surface area contributed by atoms with Gasteiger partial charge in [-0.2, -0.15) is 13.2 Å². The van der Waals surface area contributed by atoms with Gasteiger partial charge in [-0.3, -0.25) is 9.78 Å². The van der Waals surface area contributed by atoms with E-state index in [1.54, 1.807) is 30.3 Å². The van der Waals surface area contributed by atoms with Crippen LogP contribution in [0.15, 0.2) is 53.1 Å². The third-order valence-corrected chi connectivity index (χ3v) is 7.03. The molecule has 0 saturated carbocycles. The number of ether oxygens (including phenoxy) is 3. The van der Waals surface area contributed by atoms with E-state index >= 15 is 0 Å². The van der Waals surface area contributed by atoms with Crippen LogP contribution >= 0.6 is 15.9 Å². The summed E-state index contributed by atoms with van der Waals surface area (Å²) in [6.45, 7) is 0.452. The molecule has 3 aromatic rings. The summed E-state index contributed by atoms with van der Waals surface area (Å²) in [5.41, 5.74) is -0.608. The Morgan fingerprint density at radius 3 is 2.56 bits per heavy atom. The van der Waals surface area contributed by atoms with Crippen LogP contribution in [0.25, 0.3) is 0 Å². The highest BCUT2D eigenvalue weighted by atomic mass is 79.9. The van der Waals surface area contributed by atoms with Crippen molar-refractivity contribution in [2.75, 3.05) is 24.7 Å². The molecule has 3 aliphatic heterocycles. The number of hydrogen-bond donors (Lipinski definition) is 0. The van der Waals surface area contributed by atoms with Crippen molar-refractivity contribution in [2.24, 2.45) is 0 Å². The summed E-state index contributed by atoms with van der Waals surface area (Å²) in [6.07, 6.45) is -3.30. The Balaban J connectivity index is 1.51. The first-order chi connectivity index (χ1) is 16.3. The normalized spacial score (nSPS) is 20.4. The van der Waals surface area contributed by atoms with Crippen molar-refractivity contribution >= 4 is 27.5 Å². The van der Waals surface area contributed by atoms with Crippen LogP contribution in [0.3, 0.4) is 0 Å². The second-order valence-corrected chi connectivity index (χ2v) is 9.06. The molecular formula is C24H16BrF3N2O4. The van der Waals surface area contributed by atoms with Crippen molar-refractivity contribution in [3.05, 3.63) is 75.5 Å². The number of amides is 1. The molecule has 4 heterocycles. The molecule has 2 aromatic carbocycles. The standard InChI is InChI=1S/C24H16BrF3N2O4/c25-15-4-1-5-17-21(15)23(12-34-18-10-20-19(9-14(18)23)32-7-8-33-20)22(31)30(17)11-16-13(24(26,27)28)3-2-6-29-16/h1-6,9-10H,7-8,11-12H2. The van der Waals surface area contributed by atoms with Gasteiger partial charge in [-0.1, -0.05) is 22.0 Å². The zero-order valence-corrected chi connectivity index (χ0v) is 19.1. The third-order valence-electron chi connectivity index (χ3n) is 6.37. The summed E-state index contributed by atoms with van der Waals surface area (Å²) in [5.74, 6) is 1.12. The molecule has 6 rings (SSSR count). The summed E-state index contributed by atoms with van der Waals surface area (Å²) < 4.78 is 58.9. The minimum absolute atomic E-state index is 0.00448. The fourth-order valence-corrected chi connectivity index (χ4v) is 5.60. The molecule has 0 saturated heterocycles. The highest BCUT2D eigenvalue weighted by Crippen LogP contribution is 2.56. The molecule has 0 fully saturated rings. The van der Waals surface area contributed by atoms with E-state index in [1.165, 1.54) is 17.2 Å². The second-order valence-electron chi connectivity index (χ2n) is 8.21. The maximum atomic E-state index is 14.1. The lowest BCUT2D eigenvalue weighted by atomic mass is 9.77. The Hall–Kier alpha value is -3.27. The van der Waals surface area contributed by atoms with Gasteiger partial charge in [-0.25, -0.2) is 0 Å². The number of rotatable bonds is 2. The Labute approximate surface area is 200 Å². The van der Waals surface area contributed by atoms with Crippen molar-refractivity contribution in [1.82, 2.24) is 4.98 Å². The van der Waals surface area contributed by atoms with Gasteiger partial charge in [0.25, 0.3) is 0 Å². The van der Waals surface area contributed by atoms with Gasteiger partial charge < -0.3 is 19.1 Å². The van der Waals surface area contributed by atoms with Crippen LogP contribution in [0, 0.1) is 0 Å². The predicted molar refractivity (Wildman–Crippen MR) is 118 cm³/mol. The molecule has 1 atom stereocenters. The summed E-state index contributed by atoms with van der Waals surface area (Å²) in [4.78, 5) is 19.4. The molecule has 6 nitrogen and oxygen atoms in total.